The molecule has 2 heterocycles. The molecule has 7 heteroatoms. The topological polar surface area (TPSA) is 71.0 Å². The summed E-state index contributed by atoms with van der Waals surface area (Å²) in [7, 11) is 0. The molecular formula is C26H32N4O3. The first-order chi connectivity index (χ1) is 16.2. The molecule has 1 atom stereocenters. The number of rotatable bonds is 10. The van der Waals surface area contributed by atoms with Crippen LogP contribution in [-0.4, -0.2) is 63.8 Å². The van der Waals surface area contributed by atoms with E-state index in [2.05, 4.69) is 44.0 Å². The van der Waals surface area contributed by atoms with Crippen molar-refractivity contribution in [1.82, 2.24) is 19.8 Å². The second-order valence-electron chi connectivity index (χ2n) is 8.19. The van der Waals surface area contributed by atoms with Crippen molar-refractivity contribution in [1.29, 1.82) is 0 Å². The summed E-state index contributed by atoms with van der Waals surface area (Å²) in [6.07, 6.45) is 4.08. The van der Waals surface area contributed by atoms with Crippen LogP contribution in [-0.2, 0) is 13.1 Å². The van der Waals surface area contributed by atoms with Crippen molar-refractivity contribution in [3.05, 3.63) is 78.1 Å². The molecule has 1 N–H and O–H groups in total. The molecule has 1 aromatic heterocycles. The number of piperazine rings is 1. The van der Waals surface area contributed by atoms with Crippen molar-refractivity contribution in [3.63, 3.8) is 0 Å². The summed E-state index contributed by atoms with van der Waals surface area (Å²) in [4.78, 5) is 13.1. The number of aromatic nitrogens is 2. The average Bonchev–Trinajstić information content (AvgIpc) is 2.84. The lowest BCUT2D eigenvalue weighted by atomic mass is 10.1. The van der Waals surface area contributed by atoms with Gasteiger partial charge < -0.3 is 14.6 Å². The molecule has 33 heavy (non-hydrogen) atoms. The summed E-state index contributed by atoms with van der Waals surface area (Å²) in [6.45, 7) is 7.43. The number of hydrogen-bond acceptors (Lipinski definition) is 7. The molecule has 1 aliphatic heterocycles. The highest BCUT2D eigenvalue weighted by atomic mass is 16.5. The largest absolute Gasteiger partial charge is 0.494 e. The maximum atomic E-state index is 9.67. The van der Waals surface area contributed by atoms with Gasteiger partial charge in [0.25, 0.3) is 0 Å². The van der Waals surface area contributed by atoms with Gasteiger partial charge in [-0.15, -0.1) is 0 Å². The fourth-order valence-electron chi connectivity index (χ4n) is 4.25. The molecule has 1 saturated heterocycles. The van der Waals surface area contributed by atoms with Gasteiger partial charge in [-0.1, -0.05) is 30.3 Å². The molecule has 3 aromatic rings. The van der Waals surface area contributed by atoms with Gasteiger partial charge in [-0.3, -0.25) is 9.80 Å². The molecule has 7 nitrogen and oxygen atoms in total. The highest BCUT2D eigenvalue weighted by Crippen LogP contribution is 2.24. The van der Waals surface area contributed by atoms with E-state index < -0.39 is 0 Å². The van der Waals surface area contributed by atoms with Crippen LogP contribution in [0.1, 0.15) is 24.5 Å². The van der Waals surface area contributed by atoms with E-state index in [1.54, 1.807) is 18.5 Å². The average molecular weight is 449 g/mol. The Kier molecular flexibility index (Phi) is 8.24. The Labute approximate surface area is 195 Å². The summed E-state index contributed by atoms with van der Waals surface area (Å²) in [6, 6.07) is 18.7. The third-order valence-corrected chi connectivity index (χ3v) is 5.88. The van der Waals surface area contributed by atoms with Crippen LogP contribution in [0.2, 0.25) is 0 Å². The second kappa shape index (κ2) is 11.7. The Morgan fingerprint density at radius 1 is 0.970 bits per heavy atom. The number of para-hydroxylation sites is 1. The van der Waals surface area contributed by atoms with Gasteiger partial charge in [0, 0.05) is 63.3 Å². The van der Waals surface area contributed by atoms with Crippen LogP contribution in [0.5, 0.6) is 17.5 Å². The Morgan fingerprint density at radius 3 is 2.52 bits per heavy atom. The first-order valence-corrected chi connectivity index (χ1v) is 11.6. The summed E-state index contributed by atoms with van der Waals surface area (Å²) in [5.41, 5.74) is 2.43. The highest BCUT2D eigenvalue weighted by Gasteiger charge is 2.27. The van der Waals surface area contributed by atoms with Crippen LogP contribution >= 0.6 is 0 Å². The number of aliphatic hydroxyl groups excluding tert-OH is 1. The van der Waals surface area contributed by atoms with E-state index in [0.29, 0.717) is 18.7 Å². The number of aliphatic hydroxyl groups is 1. The second-order valence-corrected chi connectivity index (χ2v) is 8.19. The molecule has 0 bridgehead atoms. The molecule has 0 amide bonds. The molecule has 0 saturated carbocycles. The van der Waals surface area contributed by atoms with Gasteiger partial charge in [0.1, 0.15) is 11.5 Å². The standard InChI is InChI=1S/C26H32N4O3/c1-2-32-25-7-4-3-6-22(25)19-30-16-15-29(20-23(30)12-17-31)18-21-8-10-24(11-9-21)33-26-27-13-5-14-28-26/h3-11,13-14,23,31H,2,12,15-20H2,1H3/t23-/m0/s1. The predicted octanol–water partition coefficient (Wildman–Crippen LogP) is 3.74. The van der Waals surface area contributed by atoms with Crippen LogP contribution in [0.4, 0.5) is 0 Å². The highest BCUT2D eigenvalue weighted by molar-refractivity contribution is 5.33. The minimum absolute atomic E-state index is 0.190. The lowest BCUT2D eigenvalue weighted by Gasteiger charge is -2.41. The quantitative estimate of drug-likeness (QED) is 0.507. The zero-order valence-corrected chi connectivity index (χ0v) is 19.1. The molecular weight excluding hydrogens is 416 g/mol. The minimum atomic E-state index is 0.190. The Morgan fingerprint density at radius 2 is 1.76 bits per heavy atom. The van der Waals surface area contributed by atoms with Gasteiger partial charge in [-0.25, -0.2) is 9.97 Å². The fourth-order valence-corrected chi connectivity index (χ4v) is 4.25. The zero-order chi connectivity index (χ0) is 22.9. The molecule has 4 rings (SSSR count). The molecule has 0 radical (unpaired) electrons. The maximum Gasteiger partial charge on any atom is 0.321 e. The number of nitrogens with zero attached hydrogens (tertiary/aromatic N) is 4. The van der Waals surface area contributed by atoms with E-state index in [1.165, 1.54) is 11.1 Å². The van der Waals surface area contributed by atoms with Crippen LogP contribution in [0, 0.1) is 0 Å². The Bertz CT molecular complexity index is 984. The van der Waals surface area contributed by atoms with Gasteiger partial charge in [-0.2, -0.15) is 0 Å². The van der Waals surface area contributed by atoms with E-state index in [4.69, 9.17) is 9.47 Å². The molecule has 1 fully saturated rings. The van der Waals surface area contributed by atoms with E-state index in [9.17, 15) is 5.11 Å². The molecule has 0 aliphatic carbocycles. The Balaban J connectivity index is 1.35. The number of benzene rings is 2. The fraction of sp³-hybridized carbons (Fsp3) is 0.385. The van der Waals surface area contributed by atoms with E-state index in [-0.39, 0.29) is 6.61 Å². The van der Waals surface area contributed by atoms with E-state index in [1.807, 2.05) is 31.2 Å². The maximum absolute atomic E-state index is 9.67. The van der Waals surface area contributed by atoms with E-state index in [0.717, 1.165) is 50.6 Å². The van der Waals surface area contributed by atoms with Gasteiger partial charge in [0.2, 0.25) is 0 Å². The van der Waals surface area contributed by atoms with Crippen LogP contribution in [0.25, 0.3) is 0 Å². The van der Waals surface area contributed by atoms with E-state index >= 15 is 0 Å². The first kappa shape index (κ1) is 23.2. The SMILES string of the molecule is CCOc1ccccc1CN1CCN(Cc2ccc(Oc3ncccn3)cc2)C[C@@H]1CCO. The van der Waals surface area contributed by atoms with Crippen molar-refractivity contribution < 1.29 is 14.6 Å². The molecule has 0 unspecified atom stereocenters. The van der Waals surface area contributed by atoms with Crippen molar-refractivity contribution >= 4 is 0 Å². The van der Waals surface area contributed by atoms with Crippen LogP contribution in [0.15, 0.2) is 67.0 Å². The lowest BCUT2D eigenvalue weighted by Crippen LogP contribution is -2.52. The monoisotopic (exact) mass is 448 g/mol. The number of ether oxygens (including phenoxy) is 2. The summed E-state index contributed by atoms with van der Waals surface area (Å²) < 4.78 is 11.5. The van der Waals surface area contributed by atoms with Gasteiger partial charge in [0.15, 0.2) is 0 Å². The van der Waals surface area contributed by atoms with Crippen LogP contribution < -0.4 is 9.47 Å². The van der Waals surface area contributed by atoms with Gasteiger partial charge >= 0.3 is 6.01 Å². The molecule has 0 spiro atoms. The van der Waals surface area contributed by atoms with Crippen molar-refractivity contribution in [2.75, 3.05) is 32.8 Å². The third kappa shape index (κ3) is 6.51. The minimum Gasteiger partial charge on any atom is -0.494 e. The van der Waals surface area contributed by atoms with Crippen molar-refractivity contribution in [2.24, 2.45) is 0 Å². The van der Waals surface area contributed by atoms with Crippen molar-refractivity contribution in [3.8, 4) is 17.5 Å². The van der Waals surface area contributed by atoms with Gasteiger partial charge in [0.05, 0.1) is 6.61 Å². The lowest BCUT2D eigenvalue weighted by molar-refractivity contribution is 0.0494. The number of hydrogen-bond donors (Lipinski definition) is 1. The zero-order valence-electron chi connectivity index (χ0n) is 19.1. The molecule has 174 valence electrons. The molecule has 1 aliphatic rings. The summed E-state index contributed by atoms with van der Waals surface area (Å²) >= 11 is 0. The smallest absolute Gasteiger partial charge is 0.321 e. The van der Waals surface area contributed by atoms with Crippen LogP contribution in [0.3, 0.4) is 0 Å². The summed E-state index contributed by atoms with van der Waals surface area (Å²) in [5.74, 6) is 1.68. The third-order valence-electron chi connectivity index (χ3n) is 5.88. The van der Waals surface area contributed by atoms with Crippen molar-refractivity contribution in [2.45, 2.75) is 32.5 Å². The summed E-state index contributed by atoms with van der Waals surface area (Å²) in [5, 5.41) is 9.67. The predicted molar refractivity (Wildman–Crippen MR) is 127 cm³/mol. The van der Waals surface area contributed by atoms with Gasteiger partial charge in [-0.05, 0) is 43.2 Å². The molecule has 2 aromatic carbocycles. The first-order valence-electron chi connectivity index (χ1n) is 11.6. The Hall–Kier alpha value is -3.00. The normalized spacial score (nSPS) is 17.1.